The van der Waals surface area contributed by atoms with Crippen LogP contribution in [-0.4, -0.2) is 35.0 Å². The summed E-state index contributed by atoms with van der Waals surface area (Å²) in [6, 6.07) is 1.36. The zero-order valence-corrected chi connectivity index (χ0v) is 11.9. The van der Waals surface area contributed by atoms with Crippen molar-refractivity contribution >= 4 is 28.9 Å². The van der Waals surface area contributed by atoms with E-state index < -0.39 is 17.9 Å². The predicted molar refractivity (Wildman–Crippen MR) is 74.9 cm³/mol. The molecule has 1 aliphatic heterocycles. The summed E-state index contributed by atoms with van der Waals surface area (Å²) in [4.78, 5) is 16.7. The van der Waals surface area contributed by atoms with Crippen LogP contribution in [-0.2, 0) is 11.0 Å². The second-order valence-corrected chi connectivity index (χ2v) is 5.03. The number of hydrogen-bond donors (Lipinski definition) is 2. The van der Waals surface area contributed by atoms with E-state index in [4.69, 9.17) is 18.0 Å². The minimum absolute atomic E-state index is 0.0142. The maximum absolute atomic E-state index is 12.8. The summed E-state index contributed by atoms with van der Waals surface area (Å²) >= 11 is 4.85. The van der Waals surface area contributed by atoms with Crippen molar-refractivity contribution in [2.75, 3.05) is 18.0 Å². The van der Waals surface area contributed by atoms with E-state index in [0.29, 0.717) is 13.1 Å². The van der Waals surface area contributed by atoms with Crippen LogP contribution in [0.4, 0.5) is 19.0 Å². The van der Waals surface area contributed by atoms with Crippen LogP contribution in [0.3, 0.4) is 0 Å². The molecule has 1 aromatic rings. The Balaban J connectivity index is 2.53. The second-order valence-electron chi connectivity index (χ2n) is 4.59. The van der Waals surface area contributed by atoms with Gasteiger partial charge in [0, 0.05) is 13.1 Å². The summed E-state index contributed by atoms with van der Waals surface area (Å²) in [5.74, 6) is -0.297. The van der Waals surface area contributed by atoms with Gasteiger partial charge in [0.1, 0.15) is 22.5 Å². The van der Waals surface area contributed by atoms with Gasteiger partial charge in [0.05, 0.1) is 5.56 Å². The fourth-order valence-electron chi connectivity index (χ4n) is 2.09. The lowest BCUT2D eigenvalue weighted by atomic mass is 10.1. The molecule has 114 valence electrons. The van der Waals surface area contributed by atoms with Crippen molar-refractivity contribution < 1.29 is 18.0 Å². The van der Waals surface area contributed by atoms with Gasteiger partial charge in [-0.05, 0) is 19.1 Å². The van der Waals surface area contributed by atoms with Gasteiger partial charge in [-0.1, -0.05) is 12.2 Å². The van der Waals surface area contributed by atoms with E-state index in [0.717, 1.165) is 6.07 Å². The highest BCUT2D eigenvalue weighted by molar-refractivity contribution is 7.80. The van der Waals surface area contributed by atoms with E-state index >= 15 is 0 Å². The predicted octanol–water partition coefficient (Wildman–Crippen LogP) is 1.06. The maximum atomic E-state index is 12.8. The molecular weight excluding hydrogens is 305 g/mol. The van der Waals surface area contributed by atoms with Crippen molar-refractivity contribution in [2.45, 2.75) is 19.1 Å². The standard InChI is InChI=1S/C12H13F3N4OS/c1-6-11(20)17-4-5-19(6)10-7(9(16)21)2-3-8(18-10)12(13,14)15/h2-3,6H,4-5H2,1H3,(H2,16,21)(H,17,20). The van der Waals surface area contributed by atoms with Crippen molar-refractivity contribution in [1.29, 1.82) is 0 Å². The molecule has 0 radical (unpaired) electrons. The molecule has 2 rings (SSSR count). The Morgan fingerprint density at radius 3 is 2.76 bits per heavy atom. The molecule has 2 heterocycles. The van der Waals surface area contributed by atoms with Crippen LogP contribution in [0.1, 0.15) is 18.2 Å². The molecule has 1 unspecified atom stereocenters. The number of nitrogens with one attached hydrogen (secondary N) is 1. The minimum Gasteiger partial charge on any atom is -0.389 e. The average Bonchev–Trinajstić information content (AvgIpc) is 2.40. The van der Waals surface area contributed by atoms with Gasteiger partial charge in [-0.3, -0.25) is 4.79 Å². The zero-order chi connectivity index (χ0) is 15.8. The third-order valence-corrected chi connectivity index (χ3v) is 3.42. The lowest BCUT2D eigenvalue weighted by molar-refractivity contribution is -0.141. The Kier molecular flexibility index (Phi) is 4.04. The fraction of sp³-hybridized carbons (Fsp3) is 0.417. The fourth-order valence-corrected chi connectivity index (χ4v) is 2.25. The van der Waals surface area contributed by atoms with Crippen LogP contribution in [0.2, 0.25) is 0 Å². The van der Waals surface area contributed by atoms with Gasteiger partial charge in [-0.15, -0.1) is 0 Å². The van der Waals surface area contributed by atoms with Crippen LogP contribution in [0.5, 0.6) is 0 Å². The van der Waals surface area contributed by atoms with E-state index in [1.807, 2.05) is 0 Å². The van der Waals surface area contributed by atoms with Gasteiger partial charge in [0.2, 0.25) is 5.91 Å². The van der Waals surface area contributed by atoms with Crippen LogP contribution >= 0.6 is 12.2 Å². The number of alkyl halides is 3. The normalized spacial score (nSPS) is 19.3. The number of aromatic nitrogens is 1. The molecule has 0 saturated carbocycles. The van der Waals surface area contributed by atoms with Gasteiger partial charge in [-0.2, -0.15) is 13.2 Å². The van der Waals surface area contributed by atoms with E-state index in [1.54, 1.807) is 6.92 Å². The number of hydrogen-bond acceptors (Lipinski definition) is 4. The van der Waals surface area contributed by atoms with E-state index in [1.165, 1.54) is 11.0 Å². The maximum Gasteiger partial charge on any atom is 0.433 e. The van der Waals surface area contributed by atoms with Gasteiger partial charge < -0.3 is 16.0 Å². The topological polar surface area (TPSA) is 71.2 Å². The van der Waals surface area contributed by atoms with Crippen molar-refractivity contribution in [3.8, 4) is 0 Å². The van der Waals surface area contributed by atoms with Gasteiger partial charge in [0.25, 0.3) is 0 Å². The van der Waals surface area contributed by atoms with Gasteiger partial charge in [0.15, 0.2) is 0 Å². The smallest absolute Gasteiger partial charge is 0.389 e. The first kappa shape index (κ1) is 15.5. The molecule has 0 aromatic carbocycles. The van der Waals surface area contributed by atoms with Crippen LogP contribution < -0.4 is 16.0 Å². The Morgan fingerprint density at radius 2 is 2.19 bits per heavy atom. The quantitative estimate of drug-likeness (QED) is 0.798. The van der Waals surface area contributed by atoms with Crippen molar-refractivity contribution in [2.24, 2.45) is 5.73 Å². The Labute approximate surface area is 124 Å². The highest BCUT2D eigenvalue weighted by Crippen LogP contribution is 2.31. The number of rotatable bonds is 2. The summed E-state index contributed by atoms with van der Waals surface area (Å²) < 4.78 is 38.5. The van der Waals surface area contributed by atoms with Crippen LogP contribution in [0.15, 0.2) is 12.1 Å². The number of nitrogens with two attached hydrogens (primary N) is 1. The molecule has 1 saturated heterocycles. The lowest BCUT2D eigenvalue weighted by Gasteiger charge is -2.35. The second kappa shape index (κ2) is 5.47. The molecule has 0 aliphatic carbocycles. The Morgan fingerprint density at radius 1 is 1.52 bits per heavy atom. The zero-order valence-electron chi connectivity index (χ0n) is 11.1. The molecule has 3 N–H and O–H groups in total. The number of carbonyl (C=O) groups excluding carboxylic acids is 1. The van der Waals surface area contributed by atoms with Crippen LogP contribution in [0.25, 0.3) is 0 Å². The van der Waals surface area contributed by atoms with E-state index in [2.05, 4.69) is 10.3 Å². The number of thiocarbonyl (C=S) groups is 1. The molecule has 5 nitrogen and oxygen atoms in total. The number of pyridine rings is 1. The number of piperazine rings is 1. The molecule has 0 bridgehead atoms. The third kappa shape index (κ3) is 3.07. The molecule has 1 aromatic heterocycles. The molecule has 1 amide bonds. The number of halogens is 3. The van der Waals surface area contributed by atoms with Crippen molar-refractivity contribution in [1.82, 2.24) is 10.3 Å². The number of amides is 1. The Bertz CT molecular complexity index is 590. The van der Waals surface area contributed by atoms with Crippen molar-refractivity contribution in [3.63, 3.8) is 0 Å². The first-order chi connectivity index (χ1) is 9.71. The van der Waals surface area contributed by atoms with Gasteiger partial charge in [-0.25, -0.2) is 4.98 Å². The first-order valence-electron chi connectivity index (χ1n) is 6.14. The summed E-state index contributed by atoms with van der Waals surface area (Å²) in [6.45, 7) is 2.23. The largest absolute Gasteiger partial charge is 0.433 e. The molecular formula is C12H13F3N4OS. The molecule has 0 spiro atoms. The van der Waals surface area contributed by atoms with Crippen LogP contribution in [0, 0.1) is 0 Å². The summed E-state index contributed by atoms with van der Waals surface area (Å²) in [6.07, 6.45) is -4.58. The highest BCUT2D eigenvalue weighted by atomic mass is 32.1. The SMILES string of the molecule is CC1C(=O)NCCN1c1nc(C(F)(F)F)ccc1C(N)=S. The molecule has 1 atom stereocenters. The monoisotopic (exact) mass is 318 g/mol. The number of carbonyl (C=O) groups is 1. The average molecular weight is 318 g/mol. The molecule has 1 fully saturated rings. The highest BCUT2D eigenvalue weighted by Gasteiger charge is 2.35. The molecule has 1 aliphatic rings. The van der Waals surface area contributed by atoms with Gasteiger partial charge >= 0.3 is 6.18 Å². The minimum atomic E-state index is -4.58. The Hall–Kier alpha value is -1.90. The third-order valence-electron chi connectivity index (χ3n) is 3.20. The molecule has 9 heteroatoms. The van der Waals surface area contributed by atoms with E-state index in [9.17, 15) is 18.0 Å². The number of anilines is 1. The molecule has 21 heavy (non-hydrogen) atoms. The lowest BCUT2D eigenvalue weighted by Crippen LogP contribution is -2.54. The van der Waals surface area contributed by atoms with Crippen molar-refractivity contribution in [3.05, 3.63) is 23.4 Å². The van der Waals surface area contributed by atoms with E-state index in [-0.39, 0.29) is 22.3 Å². The number of nitrogens with zero attached hydrogens (tertiary/aromatic N) is 2. The first-order valence-corrected chi connectivity index (χ1v) is 6.55. The summed E-state index contributed by atoms with van der Waals surface area (Å²) in [5.41, 5.74) is 4.72. The summed E-state index contributed by atoms with van der Waals surface area (Å²) in [5, 5.41) is 2.63. The summed E-state index contributed by atoms with van der Waals surface area (Å²) in [7, 11) is 0.